The van der Waals surface area contributed by atoms with Crippen LogP contribution in [-0.4, -0.2) is 23.1 Å². The molecule has 0 radical (unpaired) electrons. The van der Waals surface area contributed by atoms with E-state index in [2.05, 4.69) is 17.6 Å². The number of amides is 2. The monoisotopic (exact) mass is 276 g/mol. The molecule has 20 heavy (non-hydrogen) atoms. The molecule has 108 valence electrons. The van der Waals surface area contributed by atoms with Crippen molar-refractivity contribution >= 4 is 12.0 Å². The number of benzene rings is 1. The highest BCUT2D eigenvalue weighted by atomic mass is 16.4. The molecule has 0 spiro atoms. The summed E-state index contributed by atoms with van der Waals surface area (Å²) in [5.41, 5.74) is 2.24. The van der Waals surface area contributed by atoms with E-state index < -0.39 is 18.0 Å². The maximum atomic E-state index is 11.7. The molecule has 5 heteroatoms. The molecule has 1 aliphatic carbocycles. The maximum Gasteiger partial charge on any atom is 0.326 e. The van der Waals surface area contributed by atoms with Crippen LogP contribution in [0, 0.1) is 5.92 Å². The molecular formula is C15H20N2O3. The zero-order chi connectivity index (χ0) is 14.5. The fraction of sp³-hybridized carbons (Fsp3) is 0.467. The van der Waals surface area contributed by atoms with Gasteiger partial charge in [0.25, 0.3) is 0 Å². The van der Waals surface area contributed by atoms with Crippen LogP contribution in [0.5, 0.6) is 0 Å². The van der Waals surface area contributed by atoms with E-state index in [1.54, 1.807) is 0 Å². The highest BCUT2D eigenvalue weighted by molar-refractivity contribution is 5.83. The molecule has 2 rings (SSSR count). The summed E-state index contributed by atoms with van der Waals surface area (Å²) < 4.78 is 0. The summed E-state index contributed by atoms with van der Waals surface area (Å²) in [7, 11) is 0. The van der Waals surface area contributed by atoms with Gasteiger partial charge in [0.15, 0.2) is 0 Å². The highest BCUT2D eigenvalue weighted by Crippen LogP contribution is 2.32. The Morgan fingerprint density at radius 1 is 1.25 bits per heavy atom. The van der Waals surface area contributed by atoms with Crippen molar-refractivity contribution in [1.29, 1.82) is 0 Å². The summed E-state index contributed by atoms with van der Waals surface area (Å²) in [6, 6.07) is 6.79. The van der Waals surface area contributed by atoms with Crippen LogP contribution in [0.15, 0.2) is 24.3 Å². The number of aryl methyl sites for hydroxylation is 1. The minimum absolute atomic E-state index is 0.0853. The smallest absolute Gasteiger partial charge is 0.326 e. The number of rotatable bonds is 6. The summed E-state index contributed by atoms with van der Waals surface area (Å²) in [6.07, 6.45) is 2.72. The summed E-state index contributed by atoms with van der Waals surface area (Å²) in [5, 5.41) is 14.2. The zero-order valence-corrected chi connectivity index (χ0v) is 11.6. The van der Waals surface area contributed by atoms with E-state index in [0.29, 0.717) is 6.54 Å². The van der Waals surface area contributed by atoms with Gasteiger partial charge >= 0.3 is 12.0 Å². The van der Waals surface area contributed by atoms with Gasteiger partial charge in [-0.15, -0.1) is 0 Å². The third kappa shape index (κ3) is 3.98. The Labute approximate surface area is 118 Å². The number of carboxylic acid groups (broad SMARTS) is 1. The molecule has 5 nitrogen and oxygen atoms in total. The van der Waals surface area contributed by atoms with E-state index >= 15 is 0 Å². The van der Waals surface area contributed by atoms with Gasteiger partial charge in [-0.1, -0.05) is 31.2 Å². The average molecular weight is 276 g/mol. The first kappa shape index (κ1) is 14.4. The van der Waals surface area contributed by atoms with Gasteiger partial charge in [-0.05, 0) is 36.3 Å². The summed E-state index contributed by atoms with van der Waals surface area (Å²) >= 11 is 0. The van der Waals surface area contributed by atoms with E-state index in [-0.39, 0.29) is 5.92 Å². The van der Waals surface area contributed by atoms with Gasteiger partial charge < -0.3 is 15.7 Å². The maximum absolute atomic E-state index is 11.7. The van der Waals surface area contributed by atoms with Crippen molar-refractivity contribution in [2.24, 2.45) is 5.92 Å². The van der Waals surface area contributed by atoms with Gasteiger partial charge in [-0.25, -0.2) is 9.59 Å². The average Bonchev–Trinajstić information content (AvgIpc) is 3.27. The molecule has 1 atom stereocenters. The lowest BCUT2D eigenvalue weighted by atomic mass is 10.1. The van der Waals surface area contributed by atoms with Crippen LogP contribution in [0.2, 0.25) is 0 Å². The van der Waals surface area contributed by atoms with Crippen molar-refractivity contribution in [2.75, 3.05) is 0 Å². The largest absolute Gasteiger partial charge is 0.480 e. The standard InChI is InChI=1S/C15H20N2O3/c1-2-10-3-5-11(6-4-10)9-16-15(20)17-13(14(18)19)12-7-8-12/h3-6,12-13H,2,7-9H2,1H3,(H,18,19)(H2,16,17,20). The van der Waals surface area contributed by atoms with Crippen LogP contribution in [0.1, 0.15) is 30.9 Å². The van der Waals surface area contributed by atoms with Crippen LogP contribution in [0.25, 0.3) is 0 Å². The molecule has 1 unspecified atom stereocenters. The number of hydrogen-bond acceptors (Lipinski definition) is 2. The number of aliphatic carboxylic acids is 1. The first-order valence-electron chi connectivity index (χ1n) is 6.95. The predicted molar refractivity (Wildman–Crippen MR) is 75.3 cm³/mol. The lowest BCUT2D eigenvalue weighted by Gasteiger charge is -2.14. The van der Waals surface area contributed by atoms with E-state index in [4.69, 9.17) is 5.11 Å². The highest BCUT2D eigenvalue weighted by Gasteiger charge is 2.37. The van der Waals surface area contributed by atoms with Gasteiger partial charge in [0.2, 0.25) is 0 Å². The lowest BCUT2D eigenvalue weighted by molar-refractivity contribution is -0.139. The first-order chi connectivity index (χ1) is 9.60. The fourth-order valence-electron chi connectivity index (χ4n) is 2.08. The van der Waals surface area contributed by atoms with Crippen LogP contribution in [0.4, 0.5) is 4.79 Å². The molecule has 2 amide bonds. The lowest BCUT2D eigenvalue weighted by Crippen LogP contribution is -2.46. The minimum Gasteiger partial charge on any atom is -0.480 e. The van der Waals surface area contributed by atoms with E-state index in [9.17, 15) is 9.59 Å². The van der Waals surface area contributed by atoms with Gasteiger partial charge in [0, 0.05) is 6.54 Å². The van der Waals surface area contributed by atoms with E-state index in [1.807, 2.05) is 24.3 Å². The predicted octanol–water partition coefficient (Wildman–Crippen LogP) is 1.91. The third-order valence-electron chi connectivity index (χ3n) is 3.53. The van der Waals surface area contributed by atoms with Crippen molar-refractivity contribution in [1.82, 2.24) is 10.6 Å². The molecule has 3 N–H and O–H groups in total. The summed E-state index contributed by atoms with van der Waals surface area (Å²) in [4.78, 5) is 22.7. The zero-order valence-electron chi connectivity index (χ0n) is 11.6. The Balaban J connectivity index is 1.80. The van der Waals surface area contributed by atoms with Crippen molar-refractivity contribution < 1.29 is 14.7 Å². The number of carbonyl (C=O) groups excluding carboxylic acids is 1. The second-order valence-electron chi connectivity index (χ2n) is 5.15. The Hall–Kier alpha value is -2.04. The van der Waals surface area contributed by atoms with Crippen molar-refractivity contribution in [3.05, 3.63) is 35.4 Å². The van der Waals surface area contributed by atoms with Crippen LogP contribution < -0.4 is 10.6 Å². The van der Waals surface area contributed by atoms with Crippen molar-refractivity contribution in [3.8, 4) is 0 Å². The van der Waals surface area contributed by atoms with Crippen molar-refractivity contribution in [2.45, 2.75) is 38.8 Å². The summed E-state index contributed by atoms with van der Waals surface area (Å²) in [5.74, 6) is -0.878. The number of nitrogens with one attached hydrogen (secondary N) is 2. The van der Waals surface area contributed by atoms with E-state index in [0.717, 1.165) is 24.8 Å². The Bertz CT molecular complexity index is 480. The van der Waals surface area contributed by atoms with Gasteiger partial charge in [-0.2, -0.15) is 0 Å². The Kier molecular flexibility index (Phi) is 4.61. The molecule has 1 aliphatic rings. The van der Waals surface area contributed by atoms with Gasteiger partial charge in [0.05, 0.1) is 0 Å². The van der Waals surface area contributed by atoms with Crippen LogP contribution >= 0.6 is 0 Å². The van der Waals surface area contributed by atoms with Crippen molar-refractivity contribution in [3.63, 3.8) is 0 Å². The van der Waals surface area contributed by atoms with E-state index in [1.165, 1.54) is 5.56 Å². The molecule has 0 aromatic heterocycles. The number of carboxylic acids is 1. The normalized spacial score (nSPS) is 15.4. The SMILES string of the molecule is CCc1ccc(CNC(=O)NC(C(=O)O)C2CC2)cc1. The molecule has 0 heterocycles. The third-order valence-corrected chi connectivity index (χ3v) is 3.53. The molecule has 0 bridgehead atoms. The van der Waals surface area contributed by atoms with Crippen LogP contribution in [0.3, 0.4) is 0 Å². The Morgan fingerprint density at radius 3 is 2.35 bits per heavy atom. The molecule has 1 fully saturated rings. The van der Waals surface area contributed by atoms with Gasteiger partial charge in [-0.3, -0.25) is 0 Å². The molecule has 1 saturated carbocycles. The van der Waals surface area contributed by atoms with Crippen LogP contribution in [-0.2, 0) is 17.8 Å². The second-order valence-corrected chi connectivity index (χ2v) is 5.15. The first-order valence-corrected chi connectivity index (χ1v) is 6.95. The number of urea groups is 1. The number of hydrogen-bond donors (Lipinski definition) is 3. The molecule has 1 aromatic rings. The Morgan fingerprint density at radius 2 is 1.85 bits per heavy atom. The quantitative estimate of drug-likeness (QED) is 0.742. The molecule has 0 aliphatic heterocycles. The topological polar surface area (TPSA) is 78.4 Å². The fourth-order valence-corrected chi connectivity index (χ4v) is 2.08. The molecular weight excluding hydrogens is 256 g/mol. The number of carbonyl (C=O) groups is 2. The second kappa shape index (κ2) is 6.41. The summed E-state index contributed by atoms with van der Waals surface area (Å²) in [6.45, 7) is 2.48. The minimum atomic E-state index is -0.963. The molecule has 0 saturated heterocycles. The van der Waals surface area contributed by atoms with Gasteiger partial charge in [0.1, 0.15) is 6.04 Å². The molecule has 1 aromatic carbocycles.